The van der Waals surface area contributed by atoms with Crippen LogP contribution in [0.25, 0.3) is 10.8 Å². The minimum absolute atomic E-state index is 0.528. The van der Waals surface area contributed by atoms with Crippen molar-refractivity contribution >= 4 is 28.2 Å². The minimum atomic E-state index is 0.528. The Bertz CT molecular complexity index is 558. The summed E-state index contributed by atoms with van der Waals surface area (Å²) in [5.74, 6) is 1.88. The summed E-state index contributed by atoms with van der Waals surface area (Å²) in [7, 11) is 4.96. The van der Waals surface area contributed by atoms with Gasteiger partial charge in [0.05, 0.1) is 19.2 Å². The fourth-order valence-corrected chi connectivity index (χ4v) is 2.11. The zero-order chi connectivity index (χ0) is 12.4. The van der Waals surface area contributed by atoms with Gasteiger partial charge in [-0.3, -0.25) is 0 Å². The quantitative estimate of drug-likeness (QED) is 0.912. The average molecular weight is 253 g/mol. The van der Waals surface area contributed by atoms with Gasteiger partial charge in [0.1, 0.15) is 5.82 Å². The topological polar surface area (TPSA) is 43.4 Å². The normalized spacial score (nSPS) is 10.4. The molecule has 0 unspecified atom stereocenters. The second-order valence-electron chi connectivity index (χ2n) is 3.43. The van der Waals surface area contributed by atoms with Gasteiger partial charge in [-0.25, -0.2) is 4.98 Å². The summed E-state index contributed by atoms with van der Waals surface area (Å²) in [6, 6.07) is 3.71. The number of anilines is 1. The first kappa shape index (κ1) is 11.8. The van der Waals surface area contributed by atoms with Gasteiger partial charge in [-0.1, -0.05) is 11.6 Å². The number of methoxy groups -OCH3 is 2. The average Bonchev–Trinajstić information content (AvgIpc) is 2.37. The van der Waals surface area contributed by atoms with E-state index in [1.807, 2.05) is 19.2 Å². The van der Waals surface area contributed by atoms with Crippen molar-refractivity contribution in [1.29, 1.82) is 0 Å². The molecule has 0 radical (unpaired) electrons. The molecule has 0 aliphatic rings. The maximum absolute atomic E-state index is 6.29. The highest BCUT2D eigenvalue weighted by atomic mass is 35.5. The molecule has 1 aromatic heterocycles. The summed E-state index contributed by atoms with van der Waals surface area (Å²) >= 11 is 6.29. The van der Waals surface area contributed by atoms with Gasteiger partial charge in [0, 0.05) is 24.0 Å². The number of pyridine rings is 1. The lowest BCUT2D eigenvalue weighted by atomic mass is 10.1. The number of benzene rings is 1. The second-order valence-corrected chi connectivity index (χ2v) is 3.81. The second kappa shape index (κ2) is 4.67. The number of nitrogens with one attached hydrogen (secondary N) is 1. The van der Waals surface area contributed by atoms with E-state index in [9.17, 15) is 0 Å². The van der Waals surface area contributed by atoms with E-state index in [1.54, 1.807) is 20.4 Å². The van der Waals surface area contributed by atoms with Gasteiger partial charge in [-0.15, -0.1) is 0 Å². The van der Waals surface area contributed by atoms with Crippen LogP contribution in [0, 0.1) is 0 Å². The molecule has 17 heavy (non-hydrogen) atoms. The van der Waals surface area contributed by atoms with Gasteiger partial charge in [-0.05, 0) is 12.1 Å². The maximum atomic E-state index is 6.29. The SMILES string of the molecule is CNc1nccc2c(Cl)c(OC)c(OC)cc12. The van der Waals surface area contributed by atoms with Crippen molar-refractivity contribution < 1.29 is 9.47 Å². The monoisotopic (exact) mass is 252 g/mol. The number of aromatic nitrogens is 1. The van der Waals surface area contributed by atoms with E-state index in [2.05, 4.69) is 10.3 Å². The molecule has 1 heterocycles. The predicted octanol–water partition coefficient (Wildman–Crippen LogP) is 2.95. The summed E-state index contributed by atoms with van der Waals surface area (Å²) in [6.45, 7) is 0. The molecule has 1 aromatic carbocycles. The van der Waals surface area contributed by atoms with Crippen LogP contribution in [0.2, 0.25) is 5.02 Å². The predicted molar refractivity (Wildman–Crippen MR) is 69.4 cm³/mol. The summed E-state index contributed by atoms with van der Waals surface area (Å²) in [4.78, 5) is 4.23. The van der Waals surface area contributed by atoms with Crippen LogP contribution in [-0.2, 0) is 0 Å². The first-order chi connectivity index (χ1) is 8.22. The third-order valence-electron chi connectivity index (χ3n) is 2.59. The maximum Gasteiger partial charge on any atom is 0.180 e. The van der Waals surface area contributed by atoms with Gasteiger partial charge >= 0.3 is 0 Å². The van der Waals surface area contributed by atoms with E-state index in [0.29, 0.717) is 16.5 Å². The number of hydrogen-bond acceptors (Lipinski definition) is 4. The molecule has 2 rings (SSSR count). The van der Waals surface area contributed by atoms with Crippen LogP contribution in [-0.4, -0.2) is 26.3 Å². The van der Waals surface area contributed by atoms with Gasteiger partial charge in [0.25, 0.3) is 0 Å². The highest BCUT2D eigenvalue weighted by molar-refractivity contribution is 6.37. The lowest BCUT2D eigenvalue weighted by Gasteiger charge is -2.13. The van der Waals surface area contributed by atoms with Gasteiger partial charge in [-0.2, -0.15) is 0 Å². The van der Waals surface area contributed by atoms with Crippen LogP contribution >= 0.6 is 11.6 Å². The molecule has 0 saturated heterocycles. The van der Waals surface area contributed by atoms with Crippen LogP contribution in [0.15, 0.2) is 18.3 Å². The number of halogens is 1. The molecule has 1 N–H and O–H groups in total. The van der Waals surface area contributed by atoms with Gasteiger partial charge in [0.15, 0.2) is 11.5 Å². The molecule has 0 aliphatic carbocycles. The first-order valence-electron chi connectivity index (χ1n) is 5.09. The summed E-state index contributed by atoms with van der Waals surface area (Å²) < 4.78 is 10.5. The zero-order valence-electron chi connectivity index (χ0n) is 9.87. The largest absolute Gasteiger partial charge is 0.493 e. The highest BCUT2D eigenvalue weighted by Gasteiger charge is 2.15. The van der Waals surface area contributed by atoms with Gasteiger partial charge < -0.3 is 14.8 Å². The number of ether oxygens (including phenoxy) is 2. The van der Waals surface area contributed by atoms with Crippen LogP contribution in [0.5, 0.6) is 11.5 Å². The Labute approximate surface area is 105 Å². The van der Waals surface area contributed by atoms with Crippen molar-refractivity contribution in [3.05, 3.63) is 23.4 Å². The third-order valence-corrected chi connectivity index (χ3v) is 2.96. The fraction of sp³-hybridized carbons (Fsp3) is 0.250. The van der Waals surface area contributed by atoms with E-state index < -0.39 is 0 Å². The Morgan fingerprint density at radius 3 is 2.59 bits per heavy atom. The molecular weight excluding hydrogens is 240 g/mol. The van der Waals surface area contributed by atoms with E-state index in [1.165, 1.54) is 0 Å². The van der Waals surface area contributed by atoms with Crippen LogP contribution in [0.3, 0.4) is 0 Å². The summed E-state index contributed by atoms with van der Waals surface area (Å²) in [5, 5.41) is 5.33. The molecule has 0 atom stereocenters. The Kier molecular flexibility index (Phi) is 3.24. The van der Waals surface area contributed by atoms with E-state index in [0.717, 1.165) is 16.6 Å². The van der Waals surface area contributed by atoms with Crippen LogP contribution in [0.1, 0.15) is 0 Å². The minimum Gasteiger partial charge on any atom is -0.493 e. The Morgan fingerprint density at radius 1 is 1.24 bits per heavy atom. The molecule has 0 bridgehead atoms. The van der Waals surface area contributed by atoms with Crippen molar-refractivity contribution in [1.82, 2.24) is 4.98 Å². The molecular formula is C12H13ClN2O2. The molecule has 0 fully saturated rings. The number of nitrogens with zero attached hydrogens (tertiary/aromatic N) is 1. The summed E-state index contributed by atoms with van der Waals surface area (Å²) in [6.07, 6.45) is 1.70. The Balaban J connectivity index is 2.84. The third kappa shape index (κ3) is 1.85. The smallest absolute Gasteiger partial charge is 0.180 e. The van der Waals surface area contributed by atoms with E-state index >= 15 is 0 Å². The van der Waals surface area contributed by atoms with Crippen molar-refractivity contribution in [3.63, 3.8) is 0 Å². The first-order valence-corrected chi connectivity index (χ1v) is 5.47. The fourth-order valence-electron chi connectivity index (χ4n) is 1.78. The lowest BCUT2D eigenvalue weighted by molar-refractivity contribution is 0.356. The lowest BCUT2D eigenvalue weighted by Crippen LogP contribution is -1.96. The number of rotatable bonds is 3. The zero-order valence-corrected chi connectivity index (χ0v) is 10.6. The molecule has 0 aliphatic heterocycles. The molecule has 5 heteroatoms. The van der Waals surface area contributed by atoms with Gasteiger partial charge in [0.2, 0.25) is 0 Å². The van der Waals surface area contributed by atoms with Crippen molar-refractivity contribution in [2.45, 2.75) is 0 Å². The summed E-state index contributed by atoms with van der Waals surface area (Å²) in [5.41, 5.74) is 0. The number of hydrogen-bond donors (Lipinski definition) is 1. The highest BCUT2D eigenvalue weighted by Crippen LogP contribution is 2.42. The van der Waals surface area contributed by atoms with Crippen molar-refractivity contribution in [3.8, 4) is 11.5 Å². The van der Waals surface area contributed by atoms with Crippen LogP contribution < -0.4 is 14.8 Å². The molecule has 0 saturated carbocycles. The van der Waals surface area contributed by atoms with E-state index in [-0.39, 0.29) is 0 Å². The Hall–Kier alpha value is -1.68. The molecule has 0 spiro atoms. The molecule has 4 nitrogen and oxygen atoms in total. The molecule has 90 valence electrons. The van der Waals surface area contributed by atoms with Crippen molar-refractivity contribution in [2.24, 2.45) is 0 Å². The van der Waals surface area contributed by atoms with Crippen LogP contribution in [0.4, 0.5) is 5.82 Å². The molecule has 2 aromatic rings. The van der Waals surface area contributed by atoms with E-state index in [4.69, 9.17) is 21.1 Å². The van der Waals surface area contributed by atoms with Crippen molar-refractivity contribution in [2.75, 3.05) is 26.6 Å². The molecule has 0 amide bonds. The Morgan fingerprint density at radius 2 is 2.00 bits per heavy atom. The number of fused-ring (bicyclic) bond motifs is 1. The standard InChI is InChI=1S/C12H13ClN2O2/c1-14-12-8-6-9(16-2)11(17-3)10(13)7(8)4-5-15-12/h4-6H,1-3H3,(H,14,15).